The summed E-state index contributed by atoms with van der Waals surface area (Å²) in [7, 11) is 1.72. The molecule has 4 aliphatic rings. The van der Waals surface area contributed by atoms with Crippen LogP contribution in [0, 0.1) is 0 Å². The number of hydrogen-bond acceptors (Lipinski definition) is 4. The van der Waals surface area contributed by atoms with E-state index in [9.17, 15) is 9.59 Å². The van der Waals surface area contributed by atoms with Crippen LogP contribution >= 0.6 is 11.6 Å². The lowest BCUT2D eigenvalue weighted by Crippen LogP contribution is -2.63. The van der Waals surface area contributed by atoms with Crippen LogP contribution in [0.5, 0.6) is 0 Å². The molecule has 1 aromatic carbocycles. The Labute approximate surface area is 181 Å². The lowest BCUT2D eigenvalue weighted by molar-refractivity contribution is -0.546. The Balaban J connectivity index is 1.46. The molecule has 0 spiro atoms. The van der Waals surface area contributed by atoms with Crippen molar-refractivity contribution in [2.45, 2.75) is 57.2 Å². The highest BCUT2D eigenvalue weighted by Crippen LogP contribution is 2.29. The number of aliphatic imine (C=N–C) groups is 1. The van der Waals surface area contributed by atoms with Gasteiger partial charge in [0.25, 0.3) is 5.91 Å². The van der Waals surface area contributed by atoms with Crippen molar-refractivity contribution >= 4 is 35.3 Å². The molecule has 1 atom stereocenters. The Morgan fingerprint density at radius 1 is 1.17 bits per heavy atom. The van der Waals surface area contributed by atoms with Gasteiger partial charge in [-0.05, 0) is 30.5 Å². The molecule has 3 amide bonds. The maximum atomic E-state index is 13.5. The van der Waals surface area contributed by atoms with E-state index in [2.05, 4.69) is 9.48 Å². The van der Waals surface area contributed by atoms with E-state index in [0.29, 0.717) is 16.9 Å². The van der Waals surface area contributed by atoms with Gasteiger partial charge in [0.2, 0.25) is 11.9 Å². The van der Waals surface area contributed by atoms with E-state index >= 15 is 0 Å². The summed E-state index contributed by atoms with van der Waals surface area (Å²) in [5.74, 6) is 1.24. The maximum Gasteiger partial charge on any atom is 0.392 e. The number of carbonyl (C=O) groups excluding carboxylic acids is 2. The summed E-state index contributed by atoms with van der Waals surface area (Å²) in [6.45, 7) is 1.97. The number of amidine groups is 1. The van der Waals surface area contributed by atoms with Crippen LogP contribution < -0.4 is 0 Å². The number of hydrogen-bond donors (Lipinski definition) is 0. The number of guanidine groups is 1. The molecule has 1 aromatic rings. The van der Waals surface area contributed by atoms with Gasteiger partial charge in [0.1, 0.15) is 0 Å². The molecule has 0 aromatic heterocycles. The van der Waals surface area contributed by atoms with Gasteiger partial charge in [-0.1, -0.05) is 48.0 Å². The summed E-state index contributed by atoms with van der Waals surface area (Å²) in [6.07, 6.45) is 7.15. The second-order valence-electron chi connectivity index (χ2n) is 8.60. The summed E-state index contributed by atoms with van der Waals surface area (Å²) in [5.41, 5.74) is 0.836. The molecular weight excluding hydrogens is 402 g/mol. The molecule has 158 valence electrons. The second kappa shape index (κ2) is 7.69. The Bertz CT molecular complexity index is 953. The molecule has 0 N–H and O–H groups in total. The monoisotopic (exact) mass is 428 g/mol. The van der Waals surface area contributed by atoms with Crippen LogP contribution in [0.3, 0.4) is 0 Å². The highest BCUT2D eigenvalue weighted by Gasteiger charge is 2.54. The van der Waals surface area contributed by atoms with Crippen molar-refractivity contribution in [2.75, 3.05) is 20.1 Å². The number of nitrogens with zero attached hydrogens (tertiary/aromatic N) is 5. The molecule has 0 bridgehead atoms. The highest BCUT2D eigenvalue weighted by atomic mass is 35.5. The number of halogens is 1. The first-order chi connectivity index (χ1) is 14.5. The summed E-state index contributed by atoms with van der Waals surface area (Å²) in [6, 6.07) is 6.93. The topological polar surface area (TPSA) is 59.2 Å². The average molecular weight is 429 g/mol. The van der Waals surface area contributed by atoms with E-state index in [1.54, 1.807) is 24.1 Å². The third-order valence-electron chi connectivity index (χ3n) is 6.69. The molecule has 1 unspecified atom stereocenters. The summed E-state index contributed by atoms with van der Waals surface area (Å²) in [4.78, 5) is 36.6. The predicted molar refractivity (Wildman–Crippen MR) is 115 cm³/mol. The molecule has 8 heteroatoms. The van der Waals surface area contributed by atoms with E-state index in [1.807, 2.05) is 12.1 Å². The normalized spacial score (nSPS) is 24.9. The molecule has 7 nitrogen and oxygen atoms in total. The minimum atomic E-state index is -0.520. The molecule has 3 aliphatic heterocycles. The zero-order valence-corrected chi connectivity index (χ0v) is 18.0. The largest absolute Gasteiger partial charge is 0.392 e. The van der Waals surface area contributed by atoms with Crippen molar-refractivity contribution in [1.82, 2.24) is 14.7 Å². The highest BCUT2D eigenvalue weighted by molar-refractivity contribution is 6.30. The second-order valence-corrected chi connectivity index (χ2v) is 9.04. The lowest BCUT2D eigenvalue weighted by atomic mass is 9.94. The van der Waals surface area contributed by atoms with Gasteiger partial charge in [-0.3, -0.25) is 19.5 Å². The number of rotatable bonds is 3. The Hall–Kier alpha value is -2.41. The number of benzene rings is 1. The minimum absolute atomic E-state index is 0.197. The van der Waals surface area contributed by atoms with Crippen molar-refractivity contribution in [3.63, 3.8) is 0 Å². The summed E-state index contributed by atoms with van der Waals surface area (Å²) < 4.78 is 2.11. The van der Waals surface area contributed by atoms with Crippen LogP contribution in [0.1, 0.15) is 44.1 Å². The van der Waals surface area contributed by atoms with E-state index in [1.165, 1.54) is 37.0 Å². The van der Waals surface area contributed by atoms with Gasteiger partial charge in [-0.2, -0.15) is 0 Å². The molecule has 0 radical (unpaired) electrons. The maximum absolute atomic E-state index is 13.5. The Morgan fingerprint density at radius 3 is 2.73 bits per heavy atom. The van der Waals surface area contributed by atoms with Crippen LogP contribution in [0.2, 0.25) is 5.02 Å². The van der Waals surface area contributed by atoms with Crippen LogP contribution in [-0.4, -0.2) is 75.2 Å². The molecule has 1 aliphatic carbocycles. The third-order valence-corrected chi connectivity index (χ3v) is 6.92. The predicted octanol–water partition coefficient (Wildman–Crippen LogP) is 2.92. The van der Waals surface area contributed by atoms with E-state index < -0.39 is 6.04 Å². The number of fused-ring (bicyclic) bond motifs is 2. The fourth-order valence-electron chi connectivity index (χ4n) is 5.18. The van der Waals surface area contributed by atoms with Gasteiger partial charge in [0, 0.05) is 18.5 Å². The average Bonchev–Trinajstić information content (AvgIpc) is 3.16. The number of carbonyl (C=O) groups is 2. The first-order valence-corrected chi connectivity index (χ1v) is 11.2. The van der Waals surface area contributed by atoms with Crippen LogP contribution in [-0.2, 0) is 11.3 Å². The molecule has 5 rings (SSSR count). The molecule has 2 fully saturated rings. The minimum Gasteiger partial charge on any atom is -0.270 e. The lowest BCUT2D eigenvalue weighted by Gasteiger charge is -2.36. The van der Waals surface area contributed by atoms with Crippen molar-refractivity contribution in [2.24, 2.45) is 4.99 Å². The van der Waals surface area contributed by atoms with Gasteiger partial charge in [-0.25, -0.2) is 9.37 Å². The number of imide groups is 1. The number of likely N-dealkylation sites (N-methyl/N-ethyl adjacent to an activating group) is 1. The zero-order valence-electron chi connectivity index (χ0n) is 17.3. The first-order valence-electron chi connectivity index (χ1n) is 10.9. The molecule has 1 saturated carbocycles. The quantitative estimate of drug-likeness (QED) is 0.695. The summed E-state index contributed by atoms with van der Waals surface area (Å²) in [5, 5.41) is 0.593. The van der Waals surface area contributed by atoms with Gasteiger partial charge < -0.3 is 0 Å². The Morgan fingerprint density at radius 2 is 1.97 bits per heavy atom. The SMILES string of the molecule is CN1C(=O)N(Cc2cccc(Cl)c2)C(=O)C2C1=NC1=[N+]2CCCN1C1CCCCC1. The van der Waals surface area contributed by atoms with Gasteiger partial charge in [0.05, 0.1) is 25.7 Å². The standard InChI is InChI=1S/C22H27ClN5O2/c1-25-19-18(20(29)28(22(25)30)14-15-7-5-8-16(23)13-15)27-12-6-11-26(21(27)24-19)17-9-3-2-4-10-17/h5,7-8,13,17-18H,2-4,6,9-12,14H2,1H3/q+1. The molecule has 3 heterocycles. The van der Waals surface area contributed by atoms with Gasteiger partial charge in [-0.15, -0.1) is 0 Å². The van der Waals surface area contributed by atoms with Gasteiger partial charge >= 0.3 is 12.0 Å². The van der Waals surface area contributed by atoms with Crippen LogP contribution in [0.4, 0.5) is 4.79 Å². The van der Waals surface area contributed by atoms with E-state index in [-0.39, 0.29) is 18.5 Å². The van der Waals surface area contributed by atoms with Crippen LogP contribution in [0.15, 0.2) is 29.3 Å². The van der Waals surface area contributed by atoms with E-state index in [4.69, 9.17) is 16.6 Å². The Kier molecular flexibility index (Phi) is 5.01. The first kappa shape index (κ1) is 19.5. The molecule has 1 saturated heterocycles. The molecule has 30 heavy (non-hydrogen) atoms. The number of amides is 3. The fourth-order valence-corrected chi connectivity index (χ4v) is 5.39. The van der Waals surface area contributed by atoms with Gasteiger partial charge in [0.15, 0.2) is 0 Å². The summed E-state index contributed by atoms with van der Waals surface area (Å²) >= 11 is 6.10. The van der Waals surface area contributed by atoms with Crippen molar-refractivity contribution < 1.29 is 14.2 Å². The van der Waals surface area contributed by atoms with Crippen molar-refractivity contribution in [3.05, 3.63) is 34.9 Å². The van der Waals surface area contributed by atoms with Crippen molar-refractivity contribution in [1.29, 1.82) is 0 Å². The third kappa shape index (κ3) is 3.20. The zero-order chi connectivity index (χ0) is 20.8. The molecular formula is C22H27ClN5O2+. The van der Waals surface area contributed by atoms with E-state index in [0.717, 1.165) is 31.0 Å². The van der Waals surface area contributed by atoms with Crippen molar-refractivity contribution in [3.8, 4) is 0 Å². The number of urea groups is 1. The smallest absolute Gasteiger partial charge is 0.270 e. The fraction of sp³-hybridized carbons (Fsp3) is 0.545. The van der Waals surface area contributed by atoms with Crippen LogP contribution in [0.25, 0.3) is 0 Å².